The zero-order chi connectivity index (χ0) is 29.0. The van der Waals surface area contributed by atoms with Crippen LogP contribution in [0.25, 0.3) is 15.2 Å². The van der Waals surface area contributed by atoms with Gasteiger partial charge in [-0.25, -0.2) is 9.18 Å². The van der Waals surface area contributed by atoms with Crippen molar-refractivity contribution in [2.75, 3.05) is 41.0 Å². The van der Waals surface area contributed by atoms with E-state index in [2.05, 4.69) is 14.9 Å². The fourth-order valence-corrected chi connectivity index (χ4v) is 5.90. The molecule has 1 unspecified atom stereocenters. The number of amides is 1. The molecule has 12 nitrogen and oxygen atoms in total. The lowest BCUT2D eigenvalue weighted by Crippen LogP contribution is -2.43. The predicted molar refractivity (Wildman–Crippen MR) is 149 cm³/mol. The molecule has 3 aromatic heterocycles. The summed E-state index contributed by atoms with van der Waals surface area (Å²) >= 11 is 1.24. The monoisotopic (exact) mass is 576 g/mol. The zero-order valence-electron chi connectivity index (χ0n) is 22.7. The Labute approximate surface area is 234 Å². The molecule has 1 saturated heterocycles. The van der Waals surface area contributed by atoms with Crippen LogP contribution >= 0.6 is 11.3 Å². The van der Waals surface area contributed by atoms with E-state index in [1.54, 1.807) is 27.1 Å². The van der Waals surface area contributed by atoms with E-state index in [1.165, 1.54) is 61.8 Å². The van der Waals surface area contributed by atoms with Crippen LogP contribution in [0.3, 0.4) is 0 Å². The van der Waals surface area contributed by atoms with Crippen molar-refractivity contribution in [3.8, 4) is 10.8 Å². The number of hydrogen-bond acceptors (Lipinski definition) is 9. The molecule has 1 aliphatic rings. The van der Waals surface area contributed by atoms with E-state index in [-0.39, 0.29) is 33.5 Å². The Kier molecular flexibility index (Phi) is 9.12. The molecule has 1 aromatic carbocycles. The van der Waals surface area contributed by atoms with Crippen molar-refractivity contribution in [3.05, 3.63) is 68.4 Å². The van der Waals surface area contributed by atoms with Gasteiger partial charge in [-0.15, -0.1) is 4.80 Å². The van der Waals surface area contributed by atoms with E-state index in [4.69, 9.17) is 9.84 Å². The van der Waals surface area contributed by atoms with Crippen LogP contribution in [0.5, 0.6) is 5.75 Å². The molecule has 0 bridgehead atoms. The first-order valence-electron chi connectivity index (χ1n) is 12.5. The van der Waals surface area contributed by atoms with Crippen molar-refractivity contribution in [1.82, 2.24) is 29.0 Å². The minimum atomic E-state index is -0.572. The van der Waals surface area contributed by atoms with Gasteiger partial charge in [0, 0.05) is 40.7 Å². The number of hydrogen-bond donors (Lipinski definition) is 1. The number of fused-ring (bicyclic) bond motifs is 1. The Balaban J connectivity index is 0.000000711. The van der Waals surface area contributed by atoms with Crippen molar-refractivity contribution in [3.63, 3.8) is 0 Å². The van der Waals surface area contributed by atoms with Crippen LogP contribution in [-0.4, -0.2) is 81.1 Å². The Morgan fingerprint density at radius 1 is 1.20 bits per heavy atom. The van der Waals surface area contributed by atoms with Crippen molar-refractivity contribution in [1.29, 1.82) is 0 Å². The first-order chi connectivity index (χ1) is 19.2. The maximum absolute atomic E-state index is 13.9. The van der Waals surface area contributed by atoms with Gasteiger partial charge in [0.15, 0.2) is 0 Å². The molecule has 0 spiro atoms. The maximum Gasteiger partial charge on any atom is 0.332 e. The third-order valence-corrected chi connectivity index (χ3v) is 7.93. The van der Waals surface area contributed by atoms with Crippen molar-refractivity contribution in [2.45, 2.75) is 32.4 Å². The molecule has 1 N–H and O–H groups in total. The second kappa shape index (κ2) is 12.5. The van der Waals surface area contributed by atoms with Crippen LogP contribution in [0.2, 0.25) is 0 Å². The highest BCUT2D eigenvalue weighted by molar-refractivity contribution is 7.21. The fraction of sp³-hybridized carbons (Fsp3) is 0.423. The number of aliphatic hydroxyl groups is 1. The van der Waals surface area contributed by atoms with Gasteiger partial charge in [-0.3, -0.25) is 18.7 Å². The van der Waals surface area contributed by atoms with E-state index in [1.807, 2.05) is 0 Å². The number of likely N-dealkylation sites (N-methyl/N-ethyl adjacent to an activating group) is 1. The molecular weight excluding hydrogens is 543 g/mol. The minimum Gasteiger partial charge on any atom is -0.496 e. The molecule has 1 fully saturated rings. The van der Waals surface area contributed by atoms with Crippen molar-refractivity contribution in [2.24, 2.45) is 0 Å². The van der Waals surface area contributed by atoms with Gasteiger partial charge in [0.25, 0.3) is 5.56 Å². The number of benzene rings is 1. The number of methoxy groups -OCH3 is 2. The molecule has 14 heteroatoms. The second-order valence-electron chi connectivity index (χ2n) is 9.20. The number of aromatic nitrogens is 5. The van der Waals surface area contributed by atoms with Crippen LogP contribution in [-0.2, 0) is 22.5 Å². The summed E-state index contributed by atoms with van der Waals surface area (Å²) in [5.41, 5.74) is 0.301. The zero-order valence-corrected chi connectivity index (χ0v) is 23.5. The topological polar surface area (TPSA) is 134 Å². The molecule has 4 aromatic rings. The minimum absolute atomic E-state index is 0. The Morgan fingerprint density at radius 2 is 1.93 bits per heavy atom. The average molecular weight is 577 g/mol. The van der Waals surface area contributed by atoms with Gasteiger partial charge < -0.3 is 19.5 Å². The number of ether oxygens (including phenoxy) is 2. The van der Waals surface area contributed by atoms with E-state index in [0.717, 1.165) is 0 Å². The van der Waals surface area contributed by atoms with Crippen molar-refractivity contribution >= 4 is 27.5 Å². The Morgan fingerprint density at radius 3 is 2.50 bits per heavy atom. The number of carbonyl (C=O) groups is 1. The number of aliphatic hydroxyl groups excluding tert-OH is 1. The number of thiophene rings is 1. The second-order valence-corrected chi connectivity index (χ2v) is 10.2. The number of carbonyl (C=O) groups excluding carboxylic acids is 1. The number of rotatable bonds is 8. The van der Waals surface area contributed by atoms with Crippen LogP contribution in [0.4, 0.5) is 4.39 Å². The third kappa shape index (κ3) is 5.69. The average Bonchev–Trinajstić information content (AvgIpc) is 3.65. The predicted octanol–water partition coefficient (Wildman–Crippen LogP) is 1.78. The normalized spacial score (nSPS) is 15.0. The van der Waals surface area contributed by atoms with E-state index in [9.17, 15) is 18.8 Å². The van der Waals surface area contributed by atoms with Gasteiger partial charge in [-0.05, 0) is 37.1 Å². The van der Waals surface area contributed by atoms with Gasteiger partial charge in [-0.1, -0.05) is 11.3 Å². The lowest BCUT2D eigenvalue weighted by Gasteiger charge is -2.17. The molecule has 1 atom stereocenters. The molecule has 1 amide bonds. The summed E-state index contributed by atoms with van der Waals surface area (Å²) in [4.78, 5) is 43.0. The van der Waals surface area contributed by atoms with Gasteiger partial charge in [0.2, 0.25) is 5.91 Å². The molecule has 40 heavy (non-hydrogen) atoms. The standard InChI is InChI=1S/C23H23FN6O4S.C3H8O2.H2/c1-13-19-20(32)29(16-11-18(31)27(2)12-16)23(33)28(22(19)35-21(13)30-25-7-8-26-30)9-6-14-10-15(24)4-5-17(14)34-3;1-5-3-2-4;/h4-5,7-8,10,16H,6,9,11-12H2,1-3H3;4H,2-3H2,1H3;1H. The van der Waals surface area contributed by atoms with Gasteiger partial charge >= 0.3 is 5.69 Å². The summed E-state index contributed by atoms with van der Waals surface area (Å²) in [6, 6.07) is 3.66. The van der Waals surface area contributed by atoms with Crippen LogP contribution in [0, 0.1) is 12.7 Å². The summed E-state index contributed by atoms with van der Waals surface area (Å²) in [5, 5.41) is 17.3. The molecule has 5 rings (SSSR count). The summed E-state index contributed by atoms with van der Waals surface area (Å²) in [7, 11) is 4.70. The van der Waals surface area contributed by atoms with E-state index in [0.29, 0.717) is 45.1 Å². The largest absolute Gasteiger partial charge is 0.496 e. The molecule has 0 aliphatic carbocycles. The highest BCUT2D eigenvalue weighted by Crippen LogP contribution is 2.31. The lowest BCUT2D eigenvalue weighted by molar-refractivity contribution is -0.126. The maximum atomic E-state index is 13.9. The summed E-state index contributed by atoms with van der Waals surface area (Å²) < 4.78 is 26.4. The van der Waals surface area contributed by atoms with Gasteiger partial charge in [-0.2, -0.15) is 10.2 Å². The SMILES string of the molecule is COCCO.COc1ccc(F)cc1CCn1c(=O)n(C2CC(=O)N(C)C2)c(=O)c2c(C)c(-n3nccn3)sc21.[HH]. The first kappa shape index (κ1) is 29.1. The molecule has 0 radical (unpaired) electrons. The summed E-state index contributed by atoms with van der Waals surface area (Å²) in [6.45, 7) is 2.81. The van der Waals surface area contributed by atoms with Crippen molar-refractivity contribution < 1.29 is 25.2 Å². The quantitative estimate of drug-likeness (QED) is 0.336. The van der Waals surface area contributed by atoms with Crippen LogP contribution in [0.15, 0.2) is 40.2 Å². The van der Waals surface area contributed by atoms with E-state index < -0.39 is 23.1 Å². The number of likely N-dealkylation sites (tertiary alicyclic amines) is 1. The number of nitrogens with zero attached hydrogens (tertiary/aromatic N) is 6. The first-order valence-corrected chi connectivity index (χ1v) is 13.3. The molecule has 4 heterocycles. The van der Waals surface area contributed by atoms with Gasteiger partial charge in [0.1, 0.15) is 21.4 Å². The molecule has 1 aliphatic heterocycles. The van der Waals surface area contributed by atoms with Crippen LogP contribution in [0.1, 0.15) is 25.0 Å². The van der Waals surface area contributed by atoms with E-state index >= 15 is 0 Å². The lowest BCUT2D eigenvalue weighted by atomic mass is 10.1. The highest BCUT2D eigenvalue weighted by Gasteiger charge is 2.32. The molecule has 216 valence electrons. The molecule has 0 saturated carbocycles. The third-order valence-electron chi connectivity index (χ3n) is 6.65. The summed E-state index contributed by atoms with van der Waals surface area (Å²) in [5.74, 6) is -0.0217. The fourth-order valence-electron chi connectivity index (χ4n) is 4.66. The number of halogens is 1. The molecular formula is C26H33FN6O6S. The van der Waals surface area contributed by atoms with Crippen LogP contribution < -0.4 is 16.0 Å². The Hall–Kier alpha value is -3.88. The summed E-state index contributed by atoms with van der Waals surface area (Å²) in [6.07, 6.45) is 3.44. The highest BCUT2D eigenvalue weighted by atomic mass is 32.1. The number of aryl methyl sites for hydroxylation is 3. The Bertz CT molecular complexity index is 1620. The van der Waals surface area contributed by atoms with Gasteiger partial charge in [0.05, 0.1) is 44.1 Å². The smallest absolute Gasteiger partial charge is 0.332 e.